The maximum absolute atomic E-state index is 12.4. The predicted octanol–water partition coefficient (Wildman–Crippen LogP) is 1.30. The van der Waals surface area contributed by atoms with E-state index in [-0.39, 0.29) is 36.9 Å². The molecule has 2 heterocycles. The minimum absolute atomic E-state index is 0.00583. The average Bonchev–Trinajstić information content (AvgIpc) is 3.08. The number of hydrogen-bond acceptors (Lipinski definition) is 4. The summed E-state index contributed by atoms with van der Waals surface area (Å²) in [6, 6.07) is 3.49. The van der Waals surface area contributed by atoms with Gasteiger partial charge in [-0.25, -0.2) is 0 Å². The zero-order chi connectivity index (χ0) is 14.5. The maximum atomic E-state index is 12.4. The van der Waals surface area contributed by atoms with E-state index in [1.807, 2.05) is 17.5 Å². The molecule has 1 unspecified atom stereocenters. The van der Waals surface area contributed by atoms with E-state index >= 15 is 0 Å². The van der Waals surface area contributed by atoms with Crippen LogP contribution in [0.2, 0.25) is 0 Å². The van der Waals surface area contributed by atoms with E-state index in [4.69, 9.17) is 0 Å². The molecule has 2 rings (SSSR count). The Hall–Kier alpha value is -1.40. The molecule has 5 nitrogen and oxygen atoms in total. The summed E-state index contributed by atoms with van der Waals surface area (Å²) in [6.07, 6.45) is 2.03. The molecule has 1 aliphatic rings. The first-order valence-electron chi connectivity index (χ1n) is 6.82. The molecule has 20 heavy (non-hydrogen) atoms. The minimum atomic E-state index is -0.278. The smallest absolute Gasteiger partial charge is 0.225 e. The summed E-state index contributed by atoms with van der Waals surface area (Å²) in [5.74, 6) is -0.148. The highest BCUT2D eigenvalue weighted by Crippen LogP contribution is 2.25. The quantitative estimate of drug-likeness (QED) is 0.860. The van der Waals surface area contributed by atoms with Gasteiger partial charge < -0.3 is 15.3 Å². The Morgan fingerprint density at radius 2 is 2.40 bits per heavy atom. The van der Waals surface area contributed by atoms with Gasteiger partial charge in [0.05, 0.1) is 25.1 Å². The lowest BCUT2D eigenvalue weighted by molar-refractivity contribution is -0.133. The Labute approximate surface area is 122 Å². The van der Waals surface area contributed by atoms with Gasteiger partial charge in [-0.3, -0.25) is 9.59 Å². The fourth-order valence-corrected chi connectivity index (χ4v) is 3.38. The summed E-state index contributed by atoms with van der Waals surface area (Å²) in [6.45, 7) is 2.16. The van der Waals surface area contributed by atoms with Crippen LogP contribution in [0.5, 0.6) is 0 Å². The molecule has 2 amide bonds. The Morgan fingerprint density at radius 1 is 1.60 bits per heavy atom. The molecule has 110 valence electrons. The van der Waals surface area contributed by atoms with Crippen molar-refractivity contribution in [2.45, 2.75) is 38.3 Å². The van der Waals surface area contributed by atoms with E-state index in [0.29, 0.717) is 6.54 Å². The predicted molar refractivity (Wildman–Crippen MR) is 77.3 cm³/mol. The van der Waals surface area contributed by atoms with Crippen LogP contribution in [0.3, 0.4) is 0 Å². The summed E-state index contributed by atoms with van der Waals surface area (Å²) in [7, 11) is 0. The lowest BCUT2D eigenvalue weighted by Crippen LogP contribution is -2.40. The molecular formula is C14H20N2O3S. The van der Waals surface area contributed by atoms with Crippen LogP contribution >= 0.6 is 11.3 Å². The number of nitrogens with zero attached hydrogens (tertiary/aromatic N) is 1. The monoisotopic (exact) mass is 296 g/mol. The van der Waals surface area contributed by atoms with Gasteiger partial charge in [-0.1, -0.05) is 6.07 Å². The fraction of sp³-hybridized carbons (Fsp3) is 0.571. The van der Waals surface area contributed by atoms with Crippen molar-refractivity contribution in [2.75, 3.05) is 13.2 Å². The van der Waals surface area contributed by atoms with E-state index in [1.165, 1.54) is 18.3 Å². The van der Waals surface area contributed by atoms with Crippen LogP contribution in [-0.2, 0) is 9.59 Å². The van der Waals surface area contributed by atoms with Crippen molar-refractivity contribution >= 4 is 23.2 Å². The zero-order valence-corrected chi connectivity index (χ0v) is 12.4. The molecule has 1 aromatic heterocycles. The highest BCUT2D eigenvalue weighted by atomic mass is 32.1. The second-order valence-electron chi connectivity index (χ2n) is 5.04. The van der Waals surface area contributed by atoms with Crippen molar-refractivity contribution in [1.29, 1.82) is 0 Å². The lowest BCUT2D eigenvalue weighted by atomic mass is 10.1. The Bertz CT molecular complexity index is 461. The third-order valence-corrected chi connectivity index (χ3v) is 4.54. The average molecular weight is 296 g/mol. The largest absolute Gasteiger partial charge is 0.394 e. The van der Waals surface area contributed by atoms with Crippen LogP contribution < -0.4 is 5.32 Å². The van der Waals surface area contributed by atoms with Crippen LogP contribution in [0.25, 0.3) is 0 Å². The Balaban J connectivity index is 2.04. The van der Waals surface area contributed by atoms with E-state index < -0.39 is 0 Å². The molecule has 6 heteroatoms. The molecule has 2 N–H and O–H groups in total. The van der Waals surface area contributed by atoms with E-state index in [9.17, 15) is 14.7 Å². The third-order valence-electron chi connectivity index (χ3n) is 3.55. The number of carbonyl (C=O) groups is 2. The molecule has 2 atom stereocenters. The van der Waals surface area contributed by atoms with Crippen LogP contribution in [0.1, 0.15) is 37.1 Å². The summed E-state index contributed by atoms with van der Waals surface area (Å²) in [5, 5.41) is 14.0. The van der Waals surface area contributed by atoms with Gasteiger partial charge in [-0.15, -0.1) is 11.3 Å². The number of nitrogens with one attached hydrogen (secondary N) is 1. The number of thiophene rings is 1. The van der Waals surface area contributed by atoms with Gasteiger partial charge >= 0.3 is 0 Å². The van der Waals surface area contributed by atoms with Gasteiger partial charge in [0.15, 0.2) is 0 Å². The molecule has 1 saturated heterocycles. The van der Waals surface area contributed by atoms with Crippen molar-refractivity contribution in [3.8, 4) is 0 Å². The lowest BCUT2D eigenvalue weighted by Gasteiger charge is -2.25. The molecule has 1 aliphatic heterocycles. The second-order valence-corrected chi connectivity index (χ2v) is 6.02. The van der Waals surface area contributed by atoms with Gasteiger partial charge in [0, 0.05) is 18.3 Å². The highest BCUT2D eigenvalue weighted by Gasteiger charge is 2.30. The summed E-state index contributed by atoms with van der Waals surface area (Å²) in [4.78, 5) is 26.4. The highest BCUT2D eigenvalue weighted by molar-refractivity contribution is 7.10. The number of carbonyl (C=O) groups excluding carboxylic acids is 2. The van der Waals surface area contributed by atoms with Crippen LogP contribution in [0, 0.1) is 0 Å². The number of hydrogen-bond donors (Lipinski definition) is 2. The first kappa shape index (κ1) is 15.0. The van der Waals surface area contributed by atoms with Crippen molar-refractivity contribution in [3.63, 3.8) is 0 Å². The van der Waals surface area contributed by atoms with Gasteiger partial charge in [0.2, 0.25) is 11.8 Å². The van der Waals surface area contributed by atoms with Crippen molar-refractivity contribution in [2.24, 2.45) is 0 Å². The summed E-state index contributed by atoms with van der Waals surface area (Å²) >= 11 is 1.53. The SMILES string of the molecule is CC(=O)NC(CC(=O)N1CCC[C@@H]1CO)c1cccs1. The number of rotatable bonds is 5. The second kappa shape index (κ2) is 6.85. The molecule has 0 spiro atoms. The van der Waals surface area contributed by atoms with E-state index in [2.05, 4.69) is 5.32 Å². The third kappa shape index (κ3) is 3.58. The first-order chi connectivity index (χ1) is 9.61. The number of likely N-dealkylation sites (tertiary alicyclic amines) is 1. The molecular weight excluding hydrogens is 276 g/mol. The van der Waals surface area contributed by atoms with E-state index in [1.54, 1.807) is 4.90 Å². The minimum Gasteiger partial charge on any atom is -0.394 e. The molecule has 1 fully saturated rings. The van der Waals surface area contributed by atoms with Crippen molar-refractivity contribution in [1.82, 2.24) is 10.2 Å². The van der Waals surface area contributed by atoms with E-state index in [0.717, 1.165) is 17.7 Å². The molecule has 1 aromatic rings. The summed E-state index contributed by atoms with van der Waals surface area (Å²) in [5.41, 5.74) is 0. The summed E-state index contributed by atoms with van der Waals surface area (Å²) < 4.78 is 0. The van der Waals surface area contributed by atoms with Crippen LogP contribution in [-0.4, -0.2) is 41.0 Å². The molecule has 0 aliphatic carbocycles. The molecule has 0 saturated carbocycles. The first-order valence-corrected chi connectivity index (χ1v) is 7.70. The van der Waals surface area contributed by atoms with Crippen LogP contribution in [0.15, 0.2) is 17.5 Å². The fourth-order valence-electron chi connectivity index (χ4n) is 2.60. The standard InChI is InChI=1S/C14H20N2O3S/c1-10(18)15-12(13-5-3-7-20-13)8-14(19)16-6-2-4-11(16)9-17/h3,5,7,11-12,17H,2,4,6,8-9H2,1H3,(H,15,18)/t11-,12?/m1/s1. The van der Waals surface area contributed by atoms with Gasteiger partial charge in [-0.2, -0.15) is 0 Å². The Kier molecular flexibility index (Phi) is 5.14. The Morgan fingerprint density at radius 3 is 3.00 bits per heavy atom. The van der Waals surface area contributed by atoms with Crippen LogP contribution in [0.4, 0.5) is 0 Å². The van der Waals surface area contributed by atoms with Crippen molar-refractivity contribution < 1.29 is 14.7 Å². The number of amides is 2. The van der Waals surface area contributed by atoms with Gasteiger partial charge in [-0.05, 0) is 24.3 Å². The normalized spacial score (nSPS) is 19.9. The van der Waals surface area contributed by atoms with Crippen molar-refractivity contribution in [3.05, 3.63) is 22.4 Å². The zero-order valence-electron chi connectivity index (χ0n) is 11.5. The van der Waals surface area contributed by atoms with Gasteiger partial charge in [0.1, 0.15) is 0 Å². The number of aliphatic hydroxyl groups is 1. The molecule has 0 aromatic carbocycles. The molecule has 0 bridgehead atoms. The number of aliphatic hydroxyl groups excluding tert-OH is 1. The molecule has 0 radical (unpaired) electrons. The topological polar surface area (TPSA) is 69.6 Å². The van der Waals surface area contributed by atoms with Gasteiger partial charge in [0.25, 0.3) is 0 Å². The maximum Gasteiger partial charge on any atom is 0.225 e.